The quantitative estimate of drug-likeness (QED) is 0.779. The van der Waals surface area contributed by atoms with Gasteiger partial charge in [-0.15, -0.1) is 0 Å². The summed E-state index contributed by atoms with van der Waals surface area (Å²) in [4.78, 5) is 15.6. The predicted molar refractivity (Wildman–Crippen MR) is 67.8 cm³/mol. The van der Waals surface area contributed by atoms with Crippen LogP contribution in [0, 0.1) is 5.92 Å². The Morgan fingerprint density at radius 2 is 2.41 bits per heavy atom. The first-order valence-corrected chi connectivity index (χ1v) is 6.37. The molecule has 0 bridgehead atoms. The van der Waals surface area contributed by atoms with Gasteiger partial charge in [0.2, 0.25) is 0 Å². The highest BCUT2D eigenvalue weighted by Crippen LogP contribution is 2.27. The summed E-state index contributed by atoms with van der Waals surface area (Å²) in [6, 6.07) is 0. The second-order valence-corrected chi connectivity index (χ2v) is 4.99. The molecule has 1 rings (SSSR count). The third-order valence-corrected chi connectivity index (χ3v) is 3.56. The zero-order valence-corrected chi connectivity index (χ0v) is 11.3. The van der Waals surface area contributed by atoms with Crippen molar-refractivity contribution in [1.29, 1.82) is 0 Å². The number of anilines is 1. The maximum Gasteiger partial charge on any atom is 0.351 e. The summed E-state index contributed by atoms with van der Waals surface area (Å²) in [5.41, 5.74) is 0. The molecule has 1 aromatic heterocycles. The molecule has 17 heavy (non-hydrogen) atoms. The third kappa shape index (κ3) is 4.14. The van der Waals surface area contributed by atoms with E-state index in [0.29, 0.717) is 22.5 Å². The van der Waals surface area contributed by atoms with Gasteiger partial charge in [0, 0.05) is 13.2 Å². The minimum atomic E-state index is -0.482. The maximum atomic E-state index is 11.3. The molecular weight excluding hydrogens is 264 g/mol. The van der Waals surface area contributed by atoms with Crippen LogP contribution in [0.2, 0.25) is 5.15 Å². The molecule has 1 aromatic rings. The van der Waals surface area contributed by atoms with Gasteiger partial charge in [-0.05, 0) is 12.3 Å². The highest BCUT2D eigenvalue weighted by molar-refractivity contribution is 7.18. The van der Waals surface area contributed by atoms with Crippen molar-refractivity contribution >= 4 is 34.0 Å². The molecule has 0 saturated heterocycles. The van der Waals surface area contributed by atoms with Gasteiger partial charge >= 0.3 is 5.97 Å². The first-order chi connectivity index (χ1) is 8.08. The lowest BCUT2D eigenvalue weighted by atomic mass is 10.1. The van der Waals surface area contributed by atoms with Crippen LogP contribution in [0.15, 0.2) is 0 Å². The van der Waals surface area contributed by atoms with Crippen molar-refractivity contribution in [2.45, 2.75) is 13.3 Å². The molecule has 2 N–H and O–H groups in total. The number of aromatic nitrogens is 1. The minimum absolute atomic E-state index is 0.152. The van der Waals surface area contributed by atoms with Gasteiger partial charge < -0.3 is 15.2 Å². The average molecular weight is 279 g/mol. The number of rotatable bonds is 6. The molecule has 1 atom stereocenters. The van der Waals surface area contributed by atoms with Crippen LogP contribution in [0.5, 0.6) is 0 Å². The predicted octanol–water partition coefficient (Wildman–Crippen LogP) is 2.01. The monoisotopic (exact) mass is 278 g/mol. The molecule has 5 nitrogen and oxygen atoms in total. The van der Waals surface area contributed by atoms with Crippen LogP contribution in [0.1, 0.15) is 23.0 Å². The Kier molecular flexibility index (Phi) is 5.67. The molecule has 0 aliphatic heterocycles. The number of carbonyl (C=O) groups is 1. The van der Waals surface area contributed by atoms with Crippen LogP contribution >= 0.6 is 22.9 Å². The fourth-order valence-electron chi connectivity index (χ4n) is 1.18. The lowest BCUT2D eigenvalue weighted by Crippen LogP contribution is -2.12. The third-order valence-electron chi connectivity index (χ3n) is 2.18. The topological polar surface area (TPSA) is 71.5 Å². The zero-order chi connectivity index (χ0) is 12.8. The van der Waals surface area contributed by atoms with E-state index in [9.17, 15) is 4.79 Å². The Hall–Kier alpha value is -0.850. The number of aliphatic hydroxyl groups is 1. The largest absolute Gasteiger partial charge is 0.465 e. The normalized spacial score (nSPS) is 12.2. The van der Waals surface area contributed by atoms with Gasteiger partial charge in [0.1, 0.15) is 0 Å². The number of aliphatic hydroxyl groups excluding tert-OH is 1. The van der Waals surface area contributed by atoms with Crippen molar-refractivity contribution in [3.63, 3.8) is 0 Å². The number of halogens is 1. The summed E-state index contributed by atoms with van der Waals surface area (Å²) in [7, 11) is 1.30. The van der Waals surface area contributed by atoms with E-state index in [1.807, 2.05) is 6.92 Å². The number of ether oxygens (including phenoxy) is 1. The molecule has 1 heterocycles. The Morgan fingerprint density at radius 3 is 3.00 bits per heavy atom. The van der Waals surface area contributed by atoms with Crippen molar-refractivity contribution in [3.05, 3.63) is 10.0 Å². The second-order valence-electron chi connectivity index (χ2n) is 3.63. The molecular formula is C10H15ClN2O3S. The van der Waals surface area contributed by atoms with E-state index in [1.54, 1.807) is 0 Å². The van der Waals surface area contributed by atoms with Crippen molar-refractivity contribution in [3.8, 4) is 0 Å². The van der Waals surface area contributed by atoms with Crippen LogP contribution in [-0.2, 0) is 4.74 Å². The van der Waals surface area contributed by atoms with Gasteiger partial charge in [0.05, 0.1) is 7.11 Å². The van der Waals surface area contributed by atoms with E-state index >= 15 is 0 Å². The fraction of sp³-hybridized carbons (Fsp3) is 0.600. The van der Waals surface area contributed by atoms with Crippen LogP contribution in [0.25, 0.3) is 0 Å². The van der Waals surface area contributed by atoms with Crippen LogP contribution in [-0.4, -0.2) is 36.3 Å². The highest BCUT2D eigenvalue weighted by Gasteiger charge is 2.17. The Balaban J connectivity index is 2.58. The molecule has 0 fully saturated rings. The average Bonchev–Trinajstić information content (AvgIpc) is 2.67. The molecule has 0 radical (unpaired) electrons. The molecule has 0 aliphatic rings. The highest BCUT2D eigenvalue weighted by atomic mass is 35.5. The van der Waals surface area contributed by atoms with E-state index in [0.717, 1.165) is 17.8 Å². The first-order valence-electron chi connectivity index (χ1n) is 5.17. The minimum Gasteiger partial charge on any atom is -0.465 e. The van der Waals surface area contributed by atoms with Crippen molar-refractivity contribution < 1.29 is 14.6 Å². The molecule has 1 unspecified atom stereocenters. The Morgan fingerprint density at radius 1 is 1.71 bits per heavy atom. The van der Waals surface area contributed by atoms with E-state index in [1.165, 1.54) is 7.11 Å². The smallest absolute Gasteiger partial charge is 0.351 e. The summed E-state index contributed by atoms with van der Waals surface area (Å²) >= 11 is 6.97. The number of thiazole rings is 1. The van der Waals surface area contributed by atoms with Crippen molar-refractivity contribution in [1.82, 2.24) is 4.98 Å². The number of methoxy groups -OCH3 is 1. The fourth-order valence-corrected chi connectivity index (χ4v) is 2.29. The standard InChI is InChI=1S/C10H15ClN2O3S/c1-6(3-4-14)5-12-10-13-8(11)7(17-10)9(15)16-2/h6,14H,3-5H2,1-2H3,(H,12,13). The number of hydrogen-bond acceptors (Lipinski definition) is 6. The number of hydrogen-bond donors (Lipinski definition) is 2. The molecule has 0 aromatic carbocycles. The van der Waals surface area contributed by atoms with Gasteiger partial charge in [-0.1, -0.05) is 29.9 Å². The molecule has 0 amide bonds. The number of nitrogens with zero attached hydrogens (tertiary/aromatic N) is 1. The molecule has 96 valence electrons. The summed E-state index contributed by atoms with van der Waals surface area (Å²) in [6.45, 7) is 2.85. The van der Waals surface area contributed by atoms with E-state index in [2.05, 4.69) is 15.0 Å². The summed E-state index contributed by atoms with van der Waals surface area (Å²) in [5, 5.41) is 12.6. The summed E-state index contributed by atoms with van der Waals surface area (Å²) in [5.74, 6) is -0.159. The van der Waals surface area contributed by atoms with Crippen LogP contribution in [0.3, 0.4) is 0 Å². The molecule has 7 heteroatoms. The van der Waals surface area contributed by atoms with Crippen molar-refractivity contribution in [2.24, 2.45) is 5.92 Å². The zero-order valence-electron chi connectivity index (χ0n) is 9.70. The van der Waals surface area contributed by atoms with Gasteiger partial charge in [-0.2, -0.15) is 0 Å². The SMILES string of the molecule is COC(=O)c1sc(NCC(C)CCO)nc1Cl. The van der Waals surface area contributed by atoms with Crippen molar-refractivity contribution in [2.75, 3.05) is 25.6 Å². The molecule has 0 aliphatic carbocycles. The van der Waals surface area contributed by atoms with Gasteiger partial charge in [-0.25, -0.2) is 9.78 Å². The number of esters is 1. The maximum absolute atomic E-state index is 11.3. The molecule has 0 saturated carbocycles. The lowest BCUT2D eigenvalue weighted by Gasteiger charge is -2.09. The van der Waals surface area contributed by atoms with Gasteiger partial charge in [0.25, 0.3) is 0 Å². The van der Waals surface area contributed by atoms with E-state index in [-0.39, 0.29) is 11.8 Å². The van der Waals surface area contributed by atoms with E-state index in [4.69, 9.17) is 16.7 Å². The number of carbonyl (C=O) groups excluding carboxylic acids is 1. The van der Waals surface area contributed by atoms with Crippen LogP contribution in [0.4, 0.5) is 5.13 Å². The molecule has 0 spiro atoms. The first kappa shape index (κ1) is 14.2. The second kappa shape index (κ2) is 6.78. The Labute approximate surface area is 109 Å². The lowest BCUT2D eigenvalue weighted by molar-refractivity contribution is 0.0606. The van der Waals surface area contributed by atoms with Gasteiger partial charge in [-0.3, -0.25) is 0 Å². The van der Waals surface area contributed by atoms with E-state index < -0.39 is 5.97 Å². The Bertz CT molecular complexity index is 384. The number of nitrogens with one attached hydrogen (secondary N) is 1. The van der Waals surface area contributed by atoms with Crippen LogP contribution < -0.4 is 5.32 Å². The van der Waals surface area contributed by atoms with Gasteiger partial charge in [0.15, 0.2) is 15.2 Å². The summed E-state index contributed by atoms with van der Waals surface area (Å²) in [6.07, 6.45) is 0.718. The summed E-state index contributed by atoms with van der Waals surface area (Å²) < 4.78 is 4.58.